The van der Waals surface area contributed by atoms with E-state index in [0.717, 1.165) is 11.3 Å². The summed E-state index contributed by atoms with van der Waals surface area (Å²) in [6.07, 6.45) is 2.48. The zero-order valence-electron chi connectivity index (χ0n) is 15.4. The molecule has 1 aromatic carbocycles. The fourth-order valence-corrected chi connectivity index (χ4v) is 3.45. The first-order valence-corrected chi connectivity index (χ1v) is 8.91. The second-order valence-electron chi connectivity index (χ2n) is 6.81. The minimum atomic E-state index is -0.553. The van der Waals surface area contributed by atoms with Crippen LogP contribution in [0.5, 0.6) is 0 Å². The van der Waals surface area contributed by atoms with Crippen molar-refractivity contribution in [2.24, 2.45) is 0 Å². The van der Waals surface area contributed by atoms with Gasteiger partial charge < -0.3 is 15.0 Å². The van der Waals surface area contributed by atoms with Crippen LogP contribution in [0.15, 0.2) is 31.0 Å². The number of aromatic nitrogens is 2. The highest BCUT2D eigenvalue weighted by Crippen LogP contribution is 2.32. The highest BCUT2D eigenvalue weighted by Gasteiger charge is 2.33. The number of amides is 2. The number of carbonyl (C=O) groups excluding carboxylic acids is 2. The number of cyclic esters (lactones) is 1. The first kappa shape index (κ1) is 18.0. The molecule has 2 aromatic rings. The molecule has 1 atom stereocenters. The average molecular weight is 385 g/mol. The molecule has 8 nitrogen and oxygen atoms in total. The van der Waals surface area contributed by atoms with Gasteiger partial charge in [-0.3, -0.25) is 9.69 Å². The lowest BCUT2D eigenvalue weighted by atomic mass is 10.2. The first-order chi connectivity index (χ1) is 13.4. The number of nitrogens with one attached hydrogen (secondary N) is 1. The van der Waals surface area contributed by atoms with Gasteiger partial charge in [0.15, 0.2) is 0 Å². The van der Waals surface area contributed by atoms with Gasteiger partial charge in [0, 0.05) is 31.4 Å². The third-order valence-corrected chi connectivity index (χ3v) is 4.82. The van der Waals surface area contributed by atoms with Crippen molar-refractivity contribution in [1.82, 2.24) is 15.1 Å². The number of rotatable bonds is 5. The molecule has 4 rings (SSSR count). The Morgan fingerprint density at radius 3 is 2.96 bits per heavy atom. The molecular weight excluding hydrogens is 365 g/mol. The number of hydrogen-bond acceptors (Lipinski definition) is 5. The Kier molecular flexibility index (Phi) is 4.50. The molecular formula is C19H20FN5O3. The zero-order valence-corrected chi connectivity index (χ0v) is 15.4. The summed E-state index contributed by atoms with van der Waals surface area (Å²) in [6.45, 7) is 6.62. The monoisotopic (exact) mass is 385 g/mol. The van der Waals surface area contributed by atoms with Crippen molar-refractivity contribution in [3.63, 3.8) is 0 Å². The summed E-state index contributed by atoms with van der Waals surface area (Å²) in [6, 6.07) is 4.69. The molecule has 0 saturated carbocycles. The molecule has 9 heteroatoms. The Labute approximate surface area is 161 Å². The number of fused-ring (bicyclic) bond motifs is 1. The summed E-state index contributed by atoms with van der Waals surface area (Å²) < 4.78 is 21.7. The Balaban J connectivity index is 1.46. The standard InChI is InChI=1S/C19H20FN5O3/c1-3-24-9-13-8-23(11-17(13)22-24)18-5-4-14(6-16(18)20)25-10-15(28-19(25)27)7-21-12(2)26/h3-6,9,15H,1,7-8,10-11H2,2H3,(H,21,26)/t15-/m0/s1. The predicted octanol–water partition coefficient (Wildman–Crippen LogP) is 2.10. The number of halogens is 1. The highest BCUT2D eigenvalue weighted by molar-refractivity contribution is 5.90. The molecule has 2 aliphatic rings. The van der Waals surface area contributed by atoms with Crippen LogP contribution in [0.2, 0.25) is 0 Å². The van der Waals surface area contributed by atoms with E-state index in [2.05, 4.69) is 17.0 Å². The van der Waals surface area contributed by atoms with Crippen molar-refractivity contribution in [2.75, 3.05) is 22.9 Å². The molecule has 146 valence electrons. The van der Waals surface area contributed by atoms with Crippen molar-refractivity contribution in [2.45, 2.75) is 26.1 Å². The molecule has 0 spiro atoms. The summed E-state index contributed by atoms with van der Waals surface area (Å²) in [7, 11) is 0. The van der Waals surface area contributed by atoms with Gasteiger partial charge in [-0.1, -0.05) is 6.58 Å². The Morgan fingerprint density at radius 2 is 2.29 bits per heavy atom. The van der Waals surface area contributed by atoms with Crippen LogP contribution in [0.1, 0.15) is 18.2 Å². The van der Waals surface area contributed by atoms with Crippen molar-refractivity contribution in [3.05, 3.63) is 48.0 Å². The molecule has 3 heterocycles. The van der Waals surface area contributed by atoms with E-state index in [0.29, 0.717) is 24.5 Å². The number of carbonyl (C=O) groups is 2. The molecule has 0 unspecified atom stereocenters. The van der Waals surface area contributed by atoms with Gasteiger partial charge in [0.05, 0.1) is 36.7 Å². The van der Waals surface area contributed by atoms with Crippen LogP contribution in [0.3, 0.4) is 0 Å². The van der Waals surface area contributed by atoms with Crippen molar-refractivity contribution < 1.29 is 18.7 Å². The normalized spacial score (nSPS) is 18.2. The lowest BCUT2D eigenvalue weighted by molar-refractivity contribution is -0.119. The quantitative estimate of drug-likeness (QED) is 0.853. The van der Waals surface area contributed by atoms with Gasteiger partial charge in [-0.25, -0.2) is 13.9 Å². The zero-order chi connectivity index (χ0) is 19.8. The molecule has 0 aliphatic carbocycles. The van der Waals surface area contributed by atoms with Gasteiger partial charge in [0.25, 0.3) is 0 Å². The molecule has 28 heavy (non-hydrogen) atoms. The molecule has 2 aliphatic heterocycles. The van der Waals surface area contributed by atoms with Crippen LogP contribution in [0.4, 0.5) is 20.6 Å². The van der Waals surface area contributed by atoms with E-state index >= 15 is 0 Å². The fourth-order valence-electron chi connectivity index (χ4n) is 3.45. The summed E-state index contributed by atoms with van der Waals surface area (Å²) in [5, 5.41) is 6.99. The SMILES string of the molecule is C=Cn1cc2c(n1)CN(c1ccc(N3C[C@H](CNC(C)=O)OC3=O)cc1F)C2. The lowest BCUT2D eigenvalue weighted by Gasteiger charge is -2.20. The van der Waals surface area contributed by atoms with E-state index in [9.17, 15) is 14.0 Å². The van der Waals surface area contributed by atoms with Crippen molar-refractivity contribution in [3.8, 4) is 0 Å². The van der Waals surface area contributed by atoms with Gasteiger partial charge in [-0.2, -0.15) is 5.10 Å². The van der Waals surface area contributed by atoms with Crippen LogP contribution in [-0.2, 0) is 22.6 Å². The molecule has 1 aromatic heterocycles. The van der Waals surface area contributed by atoms with E-state index < -0.39 is 18.0 Å². The minimum Gasteiger partial charge on any atom is -0.442 e. The third kappa shape index (κ3) is 3.30. The predicted molar refractivity (Wildman–Crippen MR) is 101 cm³/mol. The van der Waals surface area contributed by atoms with Gasteiger partial charge in [0.2, 0.25) is 5.91 Å². The van der Waals surface area contributed by atoms with E-state index in [1.54, 1.807) is 23.0 Å². The van der Waals surface area contributed by atoms with Crippen LogP contribution >= 0.6 is 0 Å². The molecule has 1 fully saturated rings. The maximum Gasteiger partial charge on any atom is 0.414 e. The maximum atomic E-state index is 14.8. The number of nitrogens with zero attached hydrogens (tertiary/aromatic N) is 4. The van der Waals surface area contributed by atoms with Gasteiger partial charge >= 0.3 is 6.09 Å². The Bertz CT molecular complexity index is 934. The molecule has 1 N–H and O–H groups in total. The number of benzene rings is 1. The second-order valence-corrected chi connectivity index (χ2v) is 6.81. The largest absolute Gasteiger partial charge is 0.442 e. The summed E-state index contributed by atoms with van der Waals surface area (Å²) >= 11 is 0. The van der Waals surface area contributed by atoms with Gasteiger partial charge in [0.1, 0.15) is 11.9 Å². The Morgan fingerprint density at radius 1 is 1.46 bits per heavy atom. The van der Waals surface area contributed by atoms with Crippen molar-refractivity contribution in [1.29, 1.82) is 0 Å². The number of hydrogen-bond donors (Lipinski definition) is 1. The maximum absolute atomic E-state index is 14.8. The van der Waals surface area contributed by atoms with Crippen LogP contribution in [0.25, 0.3) is 6.20 Å². The first-order valence-electron chi connectivity index (χ1n) is 8.91. The Hall–Kier alpha value is -3.36. The number of ether oxygens (including phenoxy) is 1. The van der Waals surface area contributed by atoms with Crippen molar-refractivity contribution >= 4 is 29.6 Å². The average Bonchev–Trinajstić information content (AvgIpc) is 3.32. The molecule has 1 saturated heterocycles. The minimum absolute atomic E-state index is 0.198. The summed E-state index contributed by atoms with van der Waals surface area (Å²) in [5.74, 6) is -0.617. The van der Waals surface area contributed by atoms with Gasteiger partial charge in [-0.15, -0.1) is 0 Å². The molecule has 0 bridgehead atoms. The summed E-state index contributed by atoms with van der Waals surface area (Å²) in [5.41, 5.74) is 2.80. The fraction of sp³-hybridized carbons (Fsp3) is 0.316. The molecule has 0 radical (unpaired) electrons. The van der Waals surface area contributed by atoms with E-state index in [4.69, 9.17) is 4.74 Å². The second kappa shape index (κ2) is 6.99. The highest BCUT2D eigenvalue weighted by atomic mass is 19.1. The lowest BCUT2D eigenvalue weighted by Crippen LogP contribution is -2.33. The van der Waals surface area contributed by atoms with E-state index in [1.807, 2.05) is 11.1 Å². The van der Waals surface area contributed by atoms with Gasteiger partial charge in [-0.05, 0) is 18.2 Å². The smallest absolute Gasteiger partial charge is 0.414 e. The van der Waals surface area contributed by atoms with Crippen LogP contribution < -0.4 is 15.1 Å². The summed E-state index contributed by atoms with van der Waals surface area (Å²) in [4.78, 5) is 26.4. The molecule has 2 amide bonds. The van der Waals surface area contributed by atoms with E-state index in [-0.39, 0.29) is 19.0 Å². The van der Waals surface area contributed by atoms with Crippen LogP contribution in [0, 0.1) is 5.82 Å². The third-order valence-electron chi connectivity index (χ3n) is 4.82. The van der Waals surface area contributed by atoms with E-state index in [1.165, 1.54) is 17.9 Å². The van der Waals surface area contributed by atoms with Crippen LogP contribution in [-0.4, -0.2) is 41.0 Å². The topological polar surface area (TPSA) is 79.7 Å². The number of anilines is 2.